The zero-order valence-electron chi connectivity index (χ0n) is 14.2. The third-order valence-electron chi connectivity index (χ3n) is 3.77. The molecule has 0 spiro atoms. The van der Waals surface area contributed by atoms with Crippen LogP contribution < -0.4 is 10.5 Å². The van der Waals surface area contributed by atoms with Crippen molar-refractivity contribution in [3.05, 3.63) is 45.9 Å². The van der Waals surface area contributed by atoms with E-state index in [0.29, 0.717) is 18.8 Å². The van der Waals surface area contributed by atoms with E-state index >= 15 is 0 Å². The number of aromatic nitrogens is 1. The van der Waals surface area contributed by atoms with Crippen molar-refractivity contribution in [2.45, 2.75) is 32.9 Å². The lowest BCUT2D eigenvalue weighted by Crippen LogP contribution is -2.39. The van der Waals surface area contributed by atoms with Gasteiger partial charge in [0.05, 0.1) is 7.11 Å². The molecule has 1 aromatic heterocycles. The average molecular weight is 370 g/mol. The maximum atomic E-state index is 12.6. The SMILES string of the molecule is CCN(C(=O)c1csc(CN)n1)C(C)Cc1ccc(OC)cc1.Cl. The molecule has 0 bridgehead atoms. The maximum Gasteiger partial charge on any atom is 0.273 e. The topological polar surface area (TPSA) is 68.5 Å². The van der Waals surface area contributed by atoms with Crippen LogP contribution in [0.4, 0.5) is 0 Å². The Morgan fingerprint density at radius 3 is 2.54 bits per heavy atom. The summed E-state index contributed by atoms with van der Waals surface area (Å²) in [5, 5.41) is 2.57. The van der Waals surface area contributed by atoms with Gasteiger partial charge in [0.2, 0.25) is 0 Å². The molecular formula is C17H24ClN3O2S. The van der Waals surface area contributed by atoms with E-state index in [9.17, 15) is 4.79 Å². The molecule has 0 aliphatic carbocycles. The van der Waals surface area contributed by atoms with Crippen molar-refractivity contribution in [3.8, 4) is 5.75 Å². The molecule has 1 heterocycles. The van der Waals surface area contributed by atoms with Gasteiger partial charge in [-0.15, -0.1) is 23.7 Å². The third kappa shape index (κ3) is 4.93. The van der Waals surface area contributed by atoms with Crippen molar-refractivity contribution in [1.82, 2.24) is 9.88 Å². The molecule has 1 amide bonds. The largest absolute Gasteiger partial charge is 0.497 e. The number of methoxy groups -OCH3 is 1. The normalized spacial score (nSPS) is 11.5. The minimum absolute atomic E-state index is 0. The van der Waals surface area contributed by atoms with Gasteiger partial charge in [-0.25, -0.2) is 4.98 Å². The van der Waals surface area contributed by atoms with E-state index in [2.05, 4.69) is 11.9 Å². The summed E-state index contributed by atoms with van der Waals surface area (Å²) in [6.45, 7) is 5.05. The number of carbonyl (C=O) groups excluding carboxylic acids is 1. The van der Waals surface area contributed by atoms with Crippen LogP contribution >= 0.6 is 23.7 Å². The first-order valence-corrected chi connectivity index (χ1v) is 8.55. The van der Waals surface area contributed by atoms with Crippen molar-refractivity contribution in [1.29, 1.82) is 0 Å². The molecule has 0 aliphatic rings. The third-order valence-corrected chi connectivity index (χ3v) is 4.64. The smallest absolute Gasteiger partial charge is 0.273 e. The zero-order valence-corrected chi connectivity index (χ0v) is 15.8. The lowest BCUT2D eigenvalue weighted by Gasteiger charge is -2.27. The second kappa shape index (κ2) is 9.61. The number of ether oxygens (including phenoxy) is 1. The number of thiazole rings is 1. The fraction of sp³-hybridized carbons (Fsp3) is 0.412. The van der Waals surface area contributed by atoms with Crippen LogP contribution in [0.3, 0.4) is 0 Å². The fourth-order valence-electron chi connectivity index (χ4n) is 2.52. The Kier molecular flexibility index (Phi) is 8.18. The highest BCUT2D eigenvalue weighted by molar-refractivity contribution is 7.09. The Balaban J connectivity index is 0.00000288. The maximum absolute atomic E-state index is 12.6. The molecule has 2 N–H and O–H groups in total. The Morgan fingerprint density at radius 2 is 2.04 bits per heavy atom. The van der Waals surface area contributed by atoms with Gasteiger partial charge < -0.3 is 15.4 Å². The van der Waals surface area contributed by atoms with E-state index in [1.165, 1.54) is 16.9 Å². The lowest BCUT2D eigenvalue weighted by atomic mass is 10.1. The number of nitrogens with zero attached hydrogens (tertiary/aromatic N) is 2. The summed E-state index contributed by atoms with van der Waals surface area (Å²) < 4.78 is 5.17. The van der Waals surface area contributed by atoms with Crippen LogP contribution in [0.25, 0.3) is 0 Å². The molecule has 5 nitrogen and oxygen atoms in total. The average Bonchev–Trinajstić information content (AvgIpc) is 3.05. The highest BCUT2D eigenvalue weighted by Crippen LogP contribution is 2.17. The second-order valence-corrected chi connectivity index (χ2v) is 6.27. The zero-order chi connectivity index (χ0) is 16.8. The summed E-state index contributed by atoms with van der Waals surface area (Å²) in [5.41, 5.74) is 7.23. The molecule has 0 saturated carbocycles. The minimum Gasteiger partial charge on any atom is -0.497 e. The van der Waals surface area contributed by atoms with Crippen LogP contribution in [-0.4, -0.2) is 35.5 Å². The van der Waals surface area contributed by atoms with Crippen LogP contribution in [0.5, 0.6) is 5.75 Å². The molecular weight excluding hydrogens is 346 g/mol. The van der Waals surface area contributed by atoms with Crippen molar-refractivity contribution < 1.29 is 9.53 Å². The van der Waals surface area contributed by atoms with Crippen molar-refractivity contribution in [3.63, 3.8) is 0 Å². The van der Waals surface area contributed by atoms with Gasteiger partial charge in [0, 0.05) is 24.5 Å². The van der Waals surface area contributed by atoms with Crippen LogP contribution in [0, 0.1) is 0 Å². The number of nitrogens with two attached hydrogens (primary N) is 1. The predicted molar refractivity (Wildman–Crippen MR) is 100 cm³/mol. The first kappa shape index (κ1) is 20.4. The summed E-state index contributed by atoms with van der Waals surface area (Å²) in [6, 6.07) is 8.03. The monoisotopic (exact) mass is 369 g/mol. The molecule has 0 fully saturated rings. The summed E-state index contributed by atoms with van der Waals surface area (Å²) >= 11 is 1.43. The number of rotatable bonds is 7. The molecule has 0 radical (unpaired) electrons. The molecule has 132 valence electrons. The molecule has 24 heavy (non-hydrogen) atoms. The van der Waals surface area contributed by atoms with Gasteiger partial charge in [0.1, 0.15) is 16.5 Å². The summed E-state index contributed by atoms with van der Waals surface area (Å²) in [7, 11) is 1.65. The molecule has 0 aliphatic heterocycles. The predicted octanol–water partition coefficient (Wildman–Crippen LogP) is 3.13. The standard InChI is InChI=1S/C17H23N3O2S.ClH/c1-4-20(17(21)15-11-23-16(10-18)19-15)12(2)9-13-5-7-14(22-3)8-6-13;/h5-8,11-12H,4,9-10,18H2,1-3H3;1H. The van der Waals surface area contributed by atoms with Crippen molar-refractivity contribution in [2.75, 3.05) is 13.7 Å². The van der Waals surface area contributed by atoms with Gasteiger partial charge in [-0.3, -0.25) is 4.79 Å². The Bertz CT molecular complexity index is 646. The fourth-order valence-corrected chi connectivity index (χ4v) is 3.17. The quantitative estimate of drug-likeness (QED) is 0.814. The van der Waals surface area contributed by atoms with Gasteiger partial charge >= 0.3 is 0 Å². The first-order valence-electron chi connectivity index (χ1n) is 7.67. The number of hydrogen-bond donors (Lipinski definition) is 1. The molecule has 2 rings (SSSR count). The molecule has 1 unspecified atom stereocenters. The van der Waals surface area contributed by atoms with Gasteiger partial charge in [-0.05, 0) is 38.0 Å². The van der Waals surface area contributed by atoms with Crippen molar-refractivity contribution in [2.24, 2.45) is 5.73 Å². The molecule has 2 aromatic rings. The lowest BCUT2D eigenvalue weighted by molar-refractivity contribution is 0.0698. The molecule has 1 aromatic carbocycles. The summed E-state index contributed by atoms with van der Waals surface area (Å²) in [6.07, 6.45) is 0.789. The number of carbonyl (C=O) groups is 1. The number of benzene rings is 1. The van der Waals surface area contributed by atoms with Crippen molar-refractivity contribution >= 4 is 29.7 Å². The summed E-state index contributed by atoms with van der Waals surface area (Å²) in [4.78, 5) is 18.8. The number of amides is 1. The van der Waals surface area contributed by atoms with E-state index in [-0.39, 0.29) is 24.4 Å². The highest BCUT2D eigenvalue weighted by atomic mass is 35.5. The second-order valence-electron chi connectivity index (χ2n) is 5.32. The van der Waals surface area contributed by atoms with Crippen LogP contribution in [-0.2, 0) is 13.0 Å². The first-order chi connectivity index (χ1) is 11.1. The summed E-state index contributed by atoms with van der Waals surface area (Å²) in [5.74, 6) is 0.797. The number of hydrogen-bond acceptors (Lipinski definition) is 5. The van der Waals surface area contributed by atoms with Crippen LogP contribution in [0.1, 0.15) is 34.9 Å². The van der Waals surface area contributed by atoms with Crippen LogP contribution in [0.15, 0.2) is 29.6 Å². The van der Waals surface area contributed by atoms with Gasteiger partial charge in [-0.1, -0.05) is 12.1 Å². The van der Waals surface area contributed by atoms with Gasteiger partial charge in [0.25, 0.3) is 5.91 Å². The molecule has 7 heteroatoms. The van der Waals surface area contributed by atoms with Gasteiger partial charge in [0.15, 0.2) is 0 Å². The van der Waals surface area contributed by atoms with E-state index < -0.39 is 0 Å². The molecule has 1 atom stereocenters. The van der Waals surface area contributed by atoms with E-state index in [4.69, 9.17) is 10.5 Å². The van der Waals surface area contributed by atoms with Crippen LogP contribution in [0.2, 0.25) is 0 Å². The Labute approximate surface area is 153 Å². The van der Waals surface area contributed by atoms with E-state index in [1.54, 1.807) is 12.5 Å². The van der Waals surface area contributed by atoms with E-state index in [0.717, 1.165) is 17.2 Å². The highest BCUT2D eigenvalue weighted by Gasteiger charge is 2.22. The number of likely N-dealkylation sites (N-methyl/N-ethyl adjacent to an activating group) is 1. The van der Waals surface area contributed by atoms with Gasteiger partial charge in [-0.2, -0.15) is 0 Å². The Hall–Kier alpha value is -1.63. The number of halogens is 1. The van der Waals surface area contributed by atoms with E-state index in [1.807, 2.05) is 36.1 Å². The Morgan fingerprint density at radius 1 is 1.38 bits per heavy atom. The molecule has 0 saturated heterocycles. The minimum atomic E-state index is -0.0375.